The Labute approximate surface area is 112 Å². The molecule has 0 saturated heterocycles. The summed E-state index contributed by atoms with van der Waals surface area (Å²) in [6.07, 6.45) is 1.68. The lowest BCUT2D eigenvalue weighted by atomic mass is 10.1. The van der Waals surface area contributed by atoms with Crippen LogP contribution < -0.4 is 5.32 Å². The molecular weight excluding hydrogens is 242 g/mol. The summed E-state index contributed by atoms with van der Waals surface area (Å²) in [5.74, 6) is -0.308. The van der Waals surface area contributed by atoms with Crippen LogP contribution in [-0.2, 0) is 9.53 Å². The van der Waals surface area contributed by atoms with E-state index in [1.807, 2.05) is 43.3 Å². The topological polar surface area (TPSA) is 67.0 Å². The minimum Gasteiger partial charge on any atom is -0.468 e. The van der Waals surface area contributed by atoms with Crippen molar-refractivity contribution in [3.05, 3.63) is 53.9 Å². The summed E-state index contributed by atoms with van der Waals surface area (Å²) in [5.41, 5.74) is 1.80. The lowest BCUT2D eigenvalue weighted by Gasteiger charge is -2.21. The first-order valence-corrected chi connectivity index (χ1v) is 6.10. The average Bonchev–Trinajstić information content (AvgIpc) is 2.99. The number of esters is 1. The summed E-state index contributed by atoms with van der Waals surface area (Å²) >= 11 is 0. The van der Waals surface area contributed by atoms with Gasteiger partial charge in [0, 0.05) is 12.2 Å². The van der Waals surface area contributed by atoms with Crippen molar-refractivity contribution in [2.45, 2.75) is 19.0 Å². The molecule has 5 heteroatoms. The van der Waals surface area contributed by atoms with Gasteiger partial charge in [-0.3, -0.25) is 10.4 Å². The van der Waals surface area contributed by atoms with Crippen LogP contribution in [0.4, 0.5) is 0 Å². The van der Waals surface area contributed by atoms with Crippen molar-refractivity contribution in [3.8, 4) is 0 Å². The number of aromatic amines is 1. The Hall–Kier alpha value is -2.14. The number of benzene rings is 1. The Balaban J connectivity index is 2.17. The summed E-state index contributed by atoms with van der Waals surface area (Å²) in [6, 6.07) is 10.8. The fraction of sp³-hybridized carbons (Fsp3) is 0.286. The molecule has 0 aliphatic carbocycles. The van der Waals surface area contributed by atoms with Gasteiger partial charge in [0.05, 0.1) is 12.8 Å². The number of methoxy groups -OCH3 is 1. The van der Waals surface area contributed by atoms with E-state index < -0.39 is 6.04 Å². The molecule has 0 aliphatic rings. The Morgan fingerprint density at radius 1 is 1.32 bits per heavy atom. The number of hydrogen-bond acceptors (Lipinski definition) is 4. The van der Waals surface area contributed by atoms with E-state index in [9.17, 15) is 4.79 Å². The molecule has 0 radical (unpaired) electrons. The van der Waals surface area contributed by atoms with Gasteiger partial charge in [0.2, 0.25) is 0 Å². The van der Waals surface area contributed by atoms with Crippen molar-refractivity contribution < 1.29 is 9.53 Å². The fourth-order valence-electron chi connectivity index (χ4n) is 1.91. The molecule has 2 atom stereocenters. The molecule has 1 aromatic heterocycles. The van der Waals surface area contributed by atoms with Gasteiger partial charge in [0.25, 0.3) is 0 Å². The Bertz CT molecular complexity index is 511. The number of nitrogens with one attached hydrogen (secondary N) is 2. The summed E-state index contributed by atoms with van der Waals surface area (Å²) < 4.78 is 4.86. The third kappa shape index (κ3) is 3.20. The highest BCUT2D eigenvalue weighted by Gasteiger charge is 2.23. The van der Waals surface area contributed by atoms with E-state index in [1.165, 1.54) is 7.11 Å². The van der Waals surface area contributed by atoms with E-state index >= 15 is 0 Å². The molecule has 2 aromatic rings. The molecule has 2 unspecified atom stereocenters. The van der Waals surface area contributed by atoms with Gasteiger partial charge in [0.15, 0.2) is 0 Å². The first-order chi connectivity index (χ1) is 9.22. The number of aromatic nitrogens is 2. The van der Waals surface area contributed by atoms with Crippen molar-refractivity contribution in [1.29, 1.82) is 0 Å². The van der Waals surface area contributed by atoms with Crippen LogP contribution in [0.2, 0.25) is 0 Å². The third-order valence-electron chi connectivity index (χ3n) is 2.98. The molecule has 1 heterocycles. The monoisotopic (exact) mass is 259 g/mol. The van der Waals surface area contributed by atoms with E-state index in [2.05, 4.69) is 15.5 Å². The number of carbonyl (C=O) groups is 1. The normalized spacial score (nSPS) is 13.8. The van der Waals surface area contributed by atoms with Crippen LogP contribution >= 0.6 is 0 Å². The number of ether oxygens (including phenoxy) is 1. The van der Waals surface area contributed by atoms with Gasteiger partial charge in [-0.2, -0.15) is 5.10 Å². The molecule has 0 saturated carbocycles. The standard InChI is InChI=1S/C14H17N3O2/c1-10(12-8-9-15-17-12)16-13(14(18)19-2)11-6-4-3-5-7-11/h3-10,13,16H,1-2H3,(H,15,17). The number of nitrogens with zero attached hydrogens (tertiary/aromatic N) is 1. The smallest absolute Gasteiger partial charge is 0.327 e. The maximum Gasteiger partial charge on any atom is 0.327 e. The second kappa shape index (κ2) is 6.15. The van der Waals surface area contributed by atoms with Crippen molar-refractivity contribution >= 4 is 5.97 Å². The van der Waals surface area contributed by atoms with E-state index in [0.29, 0.717) is 0 Å². The summed E-state index contributed by atoms with van der Waals surface area (Å²) in [7, 11) is 1.39. The maximum atomic E-state index is 11.9. The van der Waals surface area contributed by atoms with Gasteiger partial charge < -0.3 is 4.74 Å². The van der Waals surface area contributed by atoms with Crippen molar-refractivity contribution in [2.75, 3.05) is 7.11 Å². The lowest BCUT2D eigenvalue weighted by molar-refractivity contribution is -0.143. The van der Waals surface area contributed by atoms with Crippen LogP contribution in [-0.4, -0.2) is 23.3 Å². The van der Waals surface area contributed by atoms with Gasteiger partial charge in [-0.15, -0.1) is 0 Å². The molecule has 5 nitrogen and oxygen atoms in total. The maximum absolute atomic E-state index is 11.9. The summed E-state index contributed by atoms with van der Waals surface area (Å²) in [4.78, 5) is 11.9. The molecule has 0 fully saturated rings. The molecule has 2 rings (SSSR count). The zero-order valence-corrected chi connectivity index (χ0v) is 11.0. The number of H-pyrrole nitrogens is 1. The Morgan fingerprint density at radius 2 is 2.05 bits per heavy atom. The van der Waals surface area contributed by atoms with Gasteiger partial charge in [0.1, 0.15) is 6.04 Å². The highest BCUT2D eigenvalue weighted by atomic mass is 16.5. The second-order valence-corrected chi connectivity index (χ2v) is 4.27. The molecule has 0 aliphatic heterocycles. The van der Waals surface area contributed by atoms with Crippen molar-refractivity contribution in [1.82, 2.24) is 15.5 Å². The predicted octanol–water partition coefficient (Wildman–Crippen LogP) is 1.97. The van der Waals surface area contributed by atoms with Crippen LogP contribution in [0.3, 0.4) is 0 Å². The van der Waals surface area contributed by atoms with E-state index in [-0.39, 0.29) is 12.0 Å². The number of rotatable bonds is 5. The minimum absolute atomic E-state index is 0.0354. The zero-order valence-electron chi connectivity index (χ0n) is 11.0. The molecule has 0 bridgehead atoms. The molecule has 2 N–H and O–H groups in total. The van der Waals surface area contributed by atoms with Crippen LogP contribution in [0.25, 0.3) is 0 Å². The summed E-state index contributed by atoms with van der Waals surface area (Å²) in [6.45, 7) is 1.96. The van der Waals surface area contributed by atoms with E-state index in [4.69, 9.17) is 4.74 Å². The van der Waals surface area contributed by atoms with Gasteiger partial charge in [-0.05, 0) is 18.6 Å². The minimum atomic E-state index is -0.496. The Kier molecular flexibility index (Phi) is 4.30. The Morgan fingerprint density at radius 3 is 2.63 bits per heavy atom. The van der Waals surface area contributed by atoms with Gasteiger partial charge in [-0.25, -0.2) is 4.79 Å². The average molecular weight is 259 g/mol. The lowest BCUT2D eigenvalue weighted by Crippen LogP contribution is -2.31. The highest BCUT2D eigenvalue weighted by molar-refractivity contribution is 5.77. The molecule has 100 valence electrons. The first-order valence-electron chi connectivity index (χ1n) is 6.10. The van der Waals surface area contributed by atoms with Crippen LogP contribution in [0.1, 0.15) is 30.3 Å². The van der Waals surface area contributed by atoms with Crippen LogP contribution in [0, 0.1) is 0 Å². The SMILES string of the molecule is COC(=O)C(NC(C)c1ccn[nH]1)c1ccccc1. The first kappa shape index (κ1) is 13.3. The molecule has 1 aromatic carbocycles. The third-order valence-corrected chi connectivity index (χ3v) is 2.98. The quantitative estimate of drug-likeness (QED) is 0.806. The molecule has 0 amide bonds. The van der Waals surface area contributed by atoms with Crippen LogP contribution in [0.5, 0.6) is 0 Å². The van der Waals surface area contributed by atoms with E-state index in [0.717, 1.165) is 11.3 Å². The molecule has 19 heavy (non-hydrogen) atoms. The van der Waals surface area contributed by atoms with Crippen LogP contribution in [0.15, 0.2) is 42.6 Å². The van der Waals surface area contributed by atoms with Crippen molar-refractivity contribution in [2.24, 2.45) is 0 Å². The van der Waals surface area contributed by atoms with Gasteiger partial charge >= 0.3 is 5.97 Å². The fourth-order valence-corrected chi connectivity index (χ4v) is 1.91. The molecule has 0 spiro atoms. The summed E-state index contributed by atoms with van der Waals surface area (Å²) in [5, 5.41) is 10.0. The van der Waals surface area contributed by atoms with E-state index in [1.54, 1.807) is 6.20 Å². The predicted molar refractivity (Wildman–Crippen MR) is 71.3 cm³/mol. The second-order valence-electron chi connectivity index (χ2n) is 4.27. The zero-order chi connectivity index (χ0) is 13.7. The largest absolute Gasteiger partial charge is 0.468 e. The highest BCUT2D eigenvalue weighted by Crippen LogP contribution is 2.19. The molecular formula is C14H17N3O2. The number of hydrogen-bond donors (Lipinski definition) is 2. The van der Waals surface area contributed by atoms with Crippen molar-refractivity contribution in [3.63, 3.8) is 0 Å². The number of carbonyl (C=O) groups excluding carboxylic acids is 1. The van der Waals surface area contributed by atoms with Gasteiger partial charge in [-0.1, -0.05) is 30.3 Å².